The van der Waals surface area contributed by atoms with Crippen LogP contribution in [-0.4, -0.2) is 38.6 Å². The number of benzene rings is 3. The van der Waals surface area contributed by atoms with E-state index >= 15 is 0 Å². The fourth-order valence-electron chi connectivity index (χ4n) is 3.73. The third-order valence-electron chi connectivity index (χ3n) is 5.52. The first-order chi connectivity index (χ1) is 17.1. The summed E-state index contributed by atoms with van der Waals surface area (Å²) in [6, 6.07) is 26.7. The molecule has 0 radical (unpaired) electrons. The van der Waals surface area contributed by atoms with Crippen molar-refractivity contribution in [2.24, 2.45) is 0 Å². The Hall–Kier alpha value is -4.33. The molecule has 1 N–H and O–H groups in total. The Bertz CT molecular complexity index is 1240. The van der Waals surface area contributed by atoms with Gasteiger partial charge in [-0.25, -0.2) is 0 Å². The number of carbonyl (C=O) groups is 2. The van der Waals surface area contributed by atoms with E-state index in [0.29, 0.717) is 43.9 Å². The first-order valence-electron chi connectivity index (χ1n) is 11.7. The third kappa shape index (κ3) is 6.60. The monoisotopic (exact) mass is 468 g/mol. The lowest BCUT2D eigenvalue weighted by Crippen LogP contribution is -2.31. The Morgan fingerprint density at radius 3 is 2.29 bits per heavy atom. The van der Waals surface area contributed by atoms with Gasteiger partial charge in [-0.2, -0.15) is 4.80 Å². The van der Waals surface area contributed by atoms with Crippen LogP contribution in [0.2, 0.25) is 0 Å². The van der Waals surface area contributed by atoms with Crippen molar-refractivity contribution in [1.82, 2.24) is 20.2 Å². The second-order valence-corrected chi connectivity index (χ2v) is 8.07. The highest BCUT2D eigenvalue weighted by atomic mass is 16.2. The number of nitrogens with zero attached hydrogens (tertiary/aromatic N) is 5. The quantitative estimate of drug-likeness (QED) is 0.373. The molecule has 1 heterocycles. The van der Waals surface area contributed by atoms with Crippen LogP contribution in [0.3, 0.4) is 0 Å². The number of rotatable bonds is 10. The zero-order valence-electron chi connectivity index (χ0n) is 19.7. The molecule has 8 nitrogen and oxygen atoms in total. The predicted octanol–water partition coefficient (Wildman–Crippen LogP) is 4.35. The number of tetrazole rings is 1. The van der Waals surface area contributed by atoms with Gasteiger partial charge in [-0.3, -0.25) is 9.59 Å². The summed E-state index contributed by atoms with van der Waals surface area (Å²) in [5.41, 5.74) is 3.39. The highest BCUT2D eigenvalue weighted by Gasteiger charge is 2.14. The first-order valence-corrected chi connectivity index (χ1v) is 11.7. The number of aromatic nitrogens is 4. The molecule has 4 aromatic rings. The number of carbonyl (C=O) groups excluding carboxylic acids is 2. The molecule has 4 rings (SSSR count). The summed E-state index contributed by atoms with van der Waals surface area (Å²) in [7, 11) is 0. The average Bonchev–Trinajstić information content (AvgIpc) is 3.36. The fourth-order valence-corrected chi connectivity index (χ4v) is 3.73. The second kappa shape index (κ2) is 11.7. The summed E-state index contributed by atoms with van der Waals surface area (Å²) < 4.78 is 0. The molecule has 0 aliphatic rings. The van der Waals surface area contributed by atoms with E-state index in [9.17, 15) is 9.59 Å². The number of para-hydroxylation sites is 1. The van der Waals surface area contributed by atoms with Crippen molar-refractivity contribution in [2.75, 3.05) is 16.8 Å². The number of nitrogens with one attached hydrogen (secondary N) is 1. The Balaban J connectivity index is 1.23. The average molecular weight is 469 g/mol. The minimum atomic E-state index is -0.0848. The number of hydrogen-bond donors (Lipinski definition) is 1. The van der Waals surface area contributed by atoms with Crippen LogP contribution in [0, 0.1) is 0 Å². The maximum atomic E-state index is 12.8. The van der Waals surface area contributed by atoms with Gasteiger partial charge in [0.25, 0.3) is 0 Å². The summed E-state index contributed by atoms with van der Waals surface area (Å²) in [6.07, 6.45) is 1.23. The standard InChI is InChI=1S/C27H28N6O2/c1-2-32(24-12-7-4-8-13-24)26(35)20-21-15-17-23(18-16-21)28-25(34)14-9-19-33-30-27(29-31-33)22-10-5-3-6-11-22/h3-8,10-13,15-18H,2,9,14,19-20H2,1H3,(H,28,34). The van der Waals surface area contributed by atoms with Gasteiger partial charge in [0.05, 0.1) is 13.0 Å². The Kier molecular flexibility index (Phi) is 7.96. The van der Waals surface area contributed by atoms with E-state index in [1.165, 1.54) is 4.80 Å². The highest BCUT2D eigenvalue weighted by Crippen LogP contribution is 2.17. The largest absolute Gasteiger partial charge is 0.326 e. The molecular weight excluding hydrogens is 440 g/mol. The lowest BCUT2D eigenvalue weighted by molar-refractivity contribution is -0.118. The Morgan fingerprint density at radius 2 is 1.60 bits per heavy atom. The smallest absolute Gasteiger partial charge is 0.231 e. The molecule has 178 valence electrons. The summed E-state index contributed by atoms with van der Waals surface area (Å²) in [5.74, 6) is 0.519. The van der Waals surface area contributed by atoms with Crippen molar-refractivity contribution in [3.63, 3.8) is 0 Å². The van der Waals surface area contributed by atoms with Crippen LogP contribution in [0.5, 0.6) is 0 Å². The van der Waals surface area contributed by atoms with E-state index in [0.717, 1.165) is 16.8 Å². The summed E-state index contributed by atoms with van der Waals surface area (Å²) in [4.78, 5) is 28.4. The Morgan fingerprint density at radius 1 is 0.914 bits per heavy atom. The number of aryl methyl sites for hydroxylation is 1. The number of hydrogen-bond acceptors (Lipinski definition) is 5. The lowest BCUT2D eigenvalue weighted by Gasteiger charge is -2.21. The van der Waals surface area contributed by atoms with E-state index < -0.39 is 0 Å². The zero-order valence-corrected chi connectivity index (χ0v) is 19.7. The normalized spacial score (nSPS) is 10.7. The van der Waals surface area contributed by atoms with Gasteiger partial charge in [0.2, 0.25) is 17.6 Å². The van der Waals surface area contributed by atoms with E-state index in [-0.39, 0.29) is 11.8 Å². The van der Waals surface area contributed by atoms with Crippen LogP contribution >= 0.6 is 0 Å². The van der Waals surface area contributed by atoms with Crippen LogP contribution < -0.4 is 10.2 Å². The zero-order chi connectivity index (χ0) is 24.5. The van der Waals surface area contributed by atoms with Gasteiger partial charge in [0.15, 0.2) is 0 Å². The minimum absolute atomic E-state index is 0.0348. The summed E-state index contributed by atoms with van der Waals surface area (Å²) in [6.45, 7) is 3.07. The second-order valence-electron chi connectivity index (χ2n) is 8.07. The molecule has 35 heavy (non-hydrogen) atoms. The predicted molar refractivity (Wildman–Crippen MR) is 136 cm³/mol. The molecule has 0 bridgehead atoms. The molecule has 0 atom stereocenters. The number of amides is 2. The molecule has 2 amide bonds. The van der Waals surface area contributed by atoms with Crippen molar-refractivity contribution < 1.29 is 9.59 Å². The van der Waals surface area contributed by atoms with E-state index in [1.807, 2.05) is 91.9 Å². The van der Waals surface area contributed by atoms with Crippen molar-refractivity contribution in [3.05, 3.63) is 90.5 Å². The maximum absolute atomic E-state index is 12.8. The molecule has 0 aliphatic carbocycles. The van der Waals surface area contributed by atoms with Gasteiger partial charge in [0.1, 0.15) is 0 Å². The molecule has 0 fully saturated rings. The van der Waals surface area contributed by atoms with Crippen LogP contribution in [0.4, 0.5) is 11.4 Å². The van der Waals surface area contributed by atoms with Gasteiger partial charge >= 0.3 is 0 Å². The van der Waals surface area contributed by atoms with Crippen molar-refractivity contribution in [3.8, 4) is 11.4 Å². The molecular formula is C27H28N6O2. The first kappa shape index (κ1) is 23.8. The van der Waals surface area contributed by atoms with Gasteiger partial charge < -0.3 is 10.2 Å². The molecule has 0 unspecified atom stereocenters. The maximum Gasteiger partial charge on any atom is 0.231 e. The van der Waals surface area contributed by atoms with Gasteiger partial charge in [-0.1, -0.05) is 60.7 Å². The van der Waals surface area contributed by atoms with E-state index in [4.69, 9.17) is 0 Å². The van der Waals surface area contributed by atoms with Crippen molar-refractivity contribution in [2.45, 2.75) is 32.7 Å². The Labute approximate surface area is 204 Å². The molecule has 1 aromatic heterocycles. The van der Waals surface area contributed by atoms with Crippen LogP contribution in [0.15, 0.2) is 84.9 Å². The van der Waals surface area contributed by atoms with Gasteiger partial charge in [-0.15, -0.1) is 10.2 Å². The molecule has 8 heteroatoms. The van der Waals surface area contributed by atoms with E-state index in [1.54, 1.807) is 4.90 Å². The molecule has 0 aliphatic heterocycles. The summed E-state index contributed by atoms with van der Waals surface area (Å²) >= 11 is 0. The van der Waals surface area contributed by atoms with Crippen LogP contribution in [0.25, 0.3) is 11.4 Å². The fraction of sp³-hybridized carbons (Fsp3) is 0.222. The molecule has 0 spiro atoms. The van der Waals surface area contributed by atoms with E-state index in [2.05, 4.69) is 20.7 Å². The van der Waals surface area contributed by atoms with Crippen LogP contribution in [0.1, 0.15) is 25.3 Å². The van der Waals surface area contributed by atoms with Crippen molar-refractivity contribution >= 4 is 23.2 Å². The molecule has 0 saturated carbocycles. The molecule has 0 saturated heterocycles. The number of likely N-dealkylation sites (N-methyl/N-ethyl adjacent to an activating group) is 1. The van der Waals surface area contributed by atoms with Gasteiger partial charge in [-0.05, 0) is 48.4 Å². The minimum Gasteiger partial charge on any atom is -0.326 e. The third-order valence-corrected chi connectivity index (χ3v) is 5.52. The summed E-state index contributed by atoms with van der Waals surface area (Å²) in [5, 5.41) is 15.4. The topological polar surface area (TPSA) is 93.0 Å². The lowest BCUT2D eigenvalue weighted by atomic mass is 10.1. The SMILES string of the molecule is CCN(C(=O)Cc1ccc(NC(=O)CCCn2nnc(-c3ccccc3)n2)cc1)c1ccccc1. The van der Waals surface area contributed by atoms with Gasteiger partial charge in [0, 0.05) is 29.9 Å². The highest BCUT2D eigenvalue weighted by molar-refractivity contribution is 5.95. The van der Waals surface area contributed by atoms with Crippen molar-refractivity contribution in [1.29, 1.82) is 0 Å². The number of anilines is 2. The van der Waals surface area contributed by atoms with Crippen LogP contribution in [-0.2, 0) is 22.6 Å². The molecule has 3 aromatic carbocycles.